The zero-order valence-corrected chi connectivity index (χ0v) is 17.8. The maximum absolute atomic E-state index is 12.5. The number of carbonyl (C=O) groups is 1. The van der Waals surface area contributed by atoms with E-state index in [0.717, 1.165) is 25.4 Å². The summed E-state index contributed by atoms with van der Waals surface area (Å²) in [6, 6.07) is 6.75. The molecular formula is C19H18N4O4S2. The highest BCUT2D eigenvalue weighted by atomic mass is 32.1. The van der Waals surface area contributed by atoms with E-state index in [1.807, 2.05) is 19.1 Å². The molecule has 2 aromatic heterocycles. The number of anilines is 2. The fourth-order valence-electron chi connectivity index (χ4n) is 2.95. The van der Waals surface area contributed by atoms with Gasteiger partial charge in [-0.25, -0.2) is 14.8 Å². The van der Waals surface area contributed by atoms with Crippen molar-refractivity contribution in [3.63, 3.8) is 0 Å². The Labute approximate surface area is 174 Å². The van der Waals surface area contributed by atoms with Crippen LogP contribution in [-0.4, -0.2) is 37.3 Å². The van der Waals surface area contributed by atoms with Crippen molar-refractivity contribution in [2.75, 3.05) is 32.0 Å². The fraction of sp³-hybridized carbons (Fsp3) is 0.211. The van der Waals surface area contributed by atoms with E-state index in [4.69, 9.17) is 14.2 Å². The number of amides is 2. The second kappa shape index (κ2) is 7.72. The first-order valence-corrected chi connectivity index (χ1v) is 10.2. The summed E-state index contributed by atoms with van der Waals surface area (Å²) in [5, 5.41) is 7.05. The maximum Gasteiger partial charge on any atom is 0.325 e. The molecule has 0 aliphatic carbocycles. The summed E-state index contributed by atoms with van der Waals surface area (Å²) in [6.45, 7) is 1.97. The third-order valence-corrected chi connectivity index (χ3v) is 6.30. The Morgan fingerprint density at radius 1 is 0.897 bits per heavy atom. The molecule has 0 saturated carbocycles. The lowest BCUT2D eigenvalue weighted by molar-refractivity contribution is 0.262. The maximum atomic E-state index is 12.5. The number of benzene rings is 2. The number of fused-ring (bicyclic) bond motifs is 3. The minimum Gasteiger partial charge on any atom is -0.493 e. The van der Waals surface area contributed by atoms with Gasteiger partial charge in [0.15, 0.2) is 16.6 Å². The van der Waals surface area contributed by atoms with Gasteiger partial charge < -0.3 is 19.5 Å². The summed E-state index contributed by atoms with van der Waals surface area (Å²) in [7, 11) is 4.56. The average molecular weight is 431 g/mol. The molecule has 0 saturated heterocycles. The molecule has 0 aliphatic heterocycles. The van der Waals surface area contributed by atoms with E-state index in [1.54, 1.807) is 23.5 Å². The molecule has 2 N–H and O–H groups in total. The van der Waals surface area contributed by atoms with E-state index in [0.29, 0.717) is 28.1 Å². The molecule has 8 nitrogen and oxygen atoms in total. The predicted octanol–water partition coefficient (Wildman–Crippen LogP) is 4.88. The smallest absolute Gasteiger partial charge is 0.325 e. The Bertz CT molecular complexity index is 1190. The molecule has 0 bridgehead atoms. The number of nitrogens with zero attached hydrogens (tertiary/aromatic N) is 2. The number of hydrogen-bond acceptors (Lipinski definition) is 8. The van der Waals surface area contributed by atoms with Crippen molar-refractivity contribution in [2.24, 2.45) is 0 Å². The van der Waals surface area contributed by atoms with Crippen LogP contribution < -0.4 is 24.8 Å². The van der Waals surface area contributed by atoms with Gasteiger partial charge in [-0.2, -0.15) is 0 Å². The number of aromatic nitrogens is 2. The molecule has 10 heteroatoms. The average Bonchev–Trinajstić information content (AvgIpc) is 3.28. The minimum absolute atomic E-state index is 0.421. The van der Waals surface area contributed by atoms with Crippen LogP contribution in [0.5, 0.6) is 17.2 Å². The van der Waals surface area contributed by atoms with Crippen molar-refractivity contribution >= 4 is 60.0 Å². The van der Waals surface area contributed by atoms with Crippen molar-refractivity contribution < 1.29 is 19.0 Å². The van der Waals surface area contributed by atoms with E-state index in [9.17, 15) is 4.79 Å². The van der Waals surface area contributed by atoms with Crippen molar-refractivity contribution in [3.05, 3.63) is 29.3 Å². The van der Waals surface area contributed by atoms with Crippen LogP contribution >= 0.6 is 22.7 Å². The van der Waals surface area contributed by atoms with Gasteiger partial charge in [-0.15, -0.1) is 11.3 Å². The molecule has 0 aliphatic rings. The molecule has 2 aromatic carbocycles. The van der Waals surface area contributed by atoms with Crippen LogP contribution in [0.3, 0.4) is 0 Å². The standard InChI is InChI=1S/C19H18N4O4S2/c1-9-20-11-5-6-12-17(16(11)28-9)29-19(22-12)23-18(24)21-10-7-13(25-2)15(27-4)14(8-10)26-3/h5-8H,1-4H3,(H2,21,22,23,24). The van der Waals surface area contributed by atoms with Crippen molar-refractivity contribution in [3.8, 4) is 17.2 Å². The normalized spacial score (nSPS) is 10.9. The molecule has 150 valence electrons. The van der Waals surface area contributed by atoms with Crippen molar-refractivity contribution in [2.45, 2.75) is 6.92 Å². The van der Waals surface area contributed by atoms with E-state index in [1.165, 1.54) is 32.7 Å². The summed E-state index contributed by atoms with van der Waals surface area (Å²) in [6.07, 6.45) is 0. The molecule has 0 spiro atoms. The first-order valence-electron chi connectivity index (χ1n) is 8.57. The first-order chi connectivity index (χ1) is 14.0. The van der Waals surface area contributed by atoms with E-state index < -0.39 is 6.03 Å². The van der Waals surface area contributed by atoms with Crippen LogP contribution in [0, 0.1) is 6.92 Å². The van der Waals surface area contributed by atoms with E-state index >= 15 is 0 Å². The van der Waals surface area contributed by atoms with Crippen molar-refractivity contribution in [1.29, 1.82) is 0 Å². The van der Waals surface area contributed by atoms with Gasteiger partial charge in [-0.1, -0.05) is 11.3 Å². The molecule has 0 fully saturated rings. The molecule has 4 aromatic rings. The monoisotopic (exact) mass is 430 g/mol. The molecule has 2 amide bonds. The number of nitrogens with one attached hydrogen (secondary N) is 2. The van der Waals surface area contributed by atoms with Gasteiger partial charge in [-0.3, -0.25) is 5.32 Å². The molecule has 29 heavy (non-hydrogen) atoms. The molecular weight excluding hydrogens is 412 g/mol. The highest BCUT2D eigenvalue weighted by Crippen LogP contribution is 2.40. The number of urea groups is 1. The number of ether oxygens (including phenoxy) is 3. The van der Waals surface area contributed by atoms with E-state index in [2.05, 4.69) is 20.6 Å². The number of aryl methyl sites for hydroxylation is 1. The van der Waals surface area contributed by atoms with Gasteiger partial charge in [0.25, 0.3) is 0 Å². The number of hydrogen-bond donors (Lipinski definition) is 2. The Kier molecular flexibility index (Phi) is 5.12. The van der Waals surface area contributed by atoms with Crippen LogP contribution in [0.4, 0.5) is 15.6 Å². The van der Waals surface area contributed by atoms with Gasteiger partial charge >= 0.3 is 6.03 Å². The Balaban J connectivity index is 1.58. The Morgan fingerprint density at radius 3 is 2.14 bits per heavy atom. The van der Waals surface area contributed by atoms with Gasteiger partial charge in [0.2, 0.25) is 5.75 Å². The van der Waals surface area contributed by atoms with Crippen LogP contribution in [-0.2, 0) is 0 Å². The first kappa shape index (κ1) is 19.2. The number of thiazole rings is 2. The molecule has 0 unspecified atom stereocenters. The third-order valence-electron chi connectivity index (χ3n) is 4.16. The van der Waals surface area contributed by atoms with Crippen LogP contribution in [0.15, 0.2) is 24.3 Å². The second-order valence-electron chi connectivity index (χ2n) is 6.01. The number of rotatable bonds is 5. The van der Waals surface area contributed by atoms with Gasteiger partial charge in [0.1, 0.15) is 0 Å². The van der Waals surface area contributed by atoms with Crippen molar-refractivity contribution in [1.82, 2.24) is 9.97 Å². The Hall–Kier alpha value is -3.11. The largest absolute Gasteiger partial charge is 0.493 e. The summed E-state index contributed by atoms with van der Waals surface area (Å²) < 4.78 is 18.0. The zero-order valence-electron chi connectivity index (χ0n) is 16.2. The van der Waals surface area contributed by atoms with Gasteiger partial charge in [0, 0.05) is 12.1 Å². The van der Waals surface area contributed by atoms with Gasteiger partial charge in [-0.05, 0) is 19.1 Å². The SMILES string of the molecule is COc1cc(NC(=O)Nc2nc3ccc4nc(C)sc4c3s2)cc(OC)c1OC. The zero-order chi connectivity index (χ0) is 20.5. The highest BCUT2D eigenvalue weighted by molar-refractivity contribution is 7.28. The topological polar surface area (TPSA) is 94.6 Å². The van der Waals surface area contributed by atoms with Crippen LogP contribution in [0.1, 0.15) is 5.01 Å². The minimum atomic E-state index is -0.421. The summed E-state index contributed by atoms with van der Waals surface area (Å²) in [4.78, 5) is 21.5. The molecule has 2 heterocycles. The highest BCUT2D eigenvalue weighted by Gasteiger charge is 2.16. The molecule has 0 radical (unpaired) electrons. The third kappa shape index (κ3) is 3.64. The molecule has 0 atom stereocenters. The lowest BCUT2D eigenvalue weighted by Gasteiger charge is -2.14. The van der Waals surface area contributed by atoms with Gasteiger partial charge in [0.05, 0.1) is 52.5 Å². The molecule has 4 rings (SSSR count). The lowest BCUT2D eigenvalue weighted by atomic mass is 10.2. The summed E-state index contributed by atoms with van der Waals surface area (Å²) >= 11 is 3.04. The van der Waals surface area contributed by atoms with E-state index in [-0.39, 0.29) is 0 Å². The fourth-order valence-corrected chi connectivity index (χ4v) is 4.95. The second-order valence-corrected chi connectivity index (χ2v) is 8.21. The Morgan fingerprint density at radius 2 is 1.52 bits per heavy atom. The summed E-state index contributed by atoms with van der Waals surface area (Å²) in [5.41, 5.74) is 2.27. The number of carbonyl (C=O) groups excluding carboxylic acids is 1. The predicted molar refractivity (Wildman–Crippen MR) is 116 cm³/mol. The summed E-state index contributed by atoms with van der Waals surface area (Å²) in [5.74, 6) is 1.35. The van der Waals surface area contributed by atoms with Crippen LogP contribution in [0.2, 0.25) is 0 Å². The quantitative estimate of drug-likeness (QED) is 0.468. The lowest BCUT2D eigenvalue weighted by Crippen LogP contribution is -2.19. The number of methoxy groups -OCH3 is 3. The van der Waals surface area contributed by atoms with Crippen LogP contribution in [0.25, 0.3) is 20.4 Å².